The minimum absolute atomic E-state index is 0. The summed E-state index contributed by atoms with van der Waals surface area (Å²) < 4.78 is 1.73. The molecule has 0 bridgehead atoms. The first-order valence-corrected chi connectivity index (χ1v) is 10.3. The Kier molecular flexibility index (Phi) is 12.5. The molecule has 34 heavy (non-hydrogen) atoms. The Bertz CT molecular complexity index is 1110. The Hall–Kier alpha value is -3.44. The fourth-order valence-electron chi connectivity index (χ4n) is 2.72. The molecule has 0 amide bonds. The van der Waals surface area contributed by atoms with Crippen molar-refractivity contribution in [2.24, 2.45) is 0 Å². The zero-order chi connectivity index (χ0) is 25.3. The summed E-state index contributed by atoms with van der Waals surface area (Å²) in [6.45, 7) is 10.8. The monoisotopic (exact) mass is 518 g/mol. The first kappa shape index (κ1) is 30.6. The van der Waals surface area contributed by atoms with Crippen LogP contribution >= 0.6 is 0 Å². The van der Waals surface area contributed by atoms with Crippen molar-refractivity contribution in [3.63, 3.8) is 0 Å². The van der Waals surface area contributed by atoms with E-state index in [1.54, 1.807) is 39.0 Å². The van der Waals surface area contributed by atoms with Crippen LogP contribution in [0.1, 0.15) is 54.9 Å². The maximum absolute atomic E-state index is 10.8. The van der Waals surface area contributed by atoms with Gasteiger partial charge in [0.25, 0.3) is 0 Å². The molecule has 0 fully saturated rings. The van der Waals surface area contributed by atoms with Crippen LogP contribution in [0.15, 0.2) is 32.6 Å². The summed E-state index contributed by atoms with van der Waals surface area (Å²) in [5.41, 5.74) is 1.84. The summed E-state index contributed by atoms with van der Waals surface area (Å²) >= 11 is 0. The Morgan fingerprint density at radius 2 is 0.794 bits per heavy atom. The van der Waals surface area contributed by atoms with Gasteiger partial charge in [-0.15, -0.1) is 14.2 Å². The molecular formula is C21H30FeN6O6. The van der Waals surface area contributed by atoms with Gasteiger partial charge in [-0.05, 0) is 58.2 Å². The van der Waals surface area contributed by atoms with Gasteiger partial charge in [0.15, 0.2) is 0 Å². The molecule has 0 saturated heterocycles. The van der Waals surface area contributed by atoms with Crippen molar-refractivity contribution in [3.05, 3.63) is 83.8 Å². The molecule has 0 aliphatic carbocycles. The van der Waals surface area contributed by atoms with Gasteiger partial charge in [-0.3, -0.25) is 0 Å². The van der Waals surface area contributed by atoms with Crippen molar-refractivity contribution < 1.29 is 32.7 Å². The summed E-state index contributed by atoms with van der Waals surface area (Å²) in [7, 11) is 0. The van der Waals surface area contributed by atoms with Gasteiger partial charge in [0.2, 0.25) is 0 Å². The fourth-order valence-corrected chi connectivity index (χ4v) is 2.72. The van der Waals surface area contributed by atoms with E-state index in [9.17, 15) is 14.4 Å². The quantitative estimate of drug-likeness (QED) is 0.339. The van der Waals surface area contributed by atoms with E-state index in [4.69, 9.17) is 15.6 Å². The predicted octanol–water partition coefficient (Wildman–Crippen LogP) is 1.05. The Morgan fingerprint density at radius 3 is 0.971 bits per heavy atom. The Morgan fingerprint density at radius 1 is 0.588 bits per heavy atom. The van der Waals surface area contributed by atoms with Crippen LogP contribution in [-0.2, 0) is 36.3 Å². The predicted molar refractivity (Wildman–Crippen MR) is 119 cm³/mol. The molecule has 3 heterocycles. The molecule has 3 aromatic heterocycles. The van der Waals surface area contributed by atoms with Crippen LogP contribution in [0.4, 0.5) is 0 Å². The van der Waals surface area contributed by atoms with Crippen molar-refractivity contribution in [2.75, 3.05) is 0 Å². The first-order chi connectivity index (χ1) is 15.4. The van der Waals surface area contributed by atoms with Gasteiger partial charge in [-0.2, -0.15) is 15.0 Å². The molecular weight excluding hydrogens is 488 g/mol. The normalized spacial score (nSPS) is 9.71. The van der Waals surface area contributed by atoms with Crippen molar-refractivity contribution >= 4 is 0 Å². The second-order valence-electron chi connectivity index (χ2n) is 7.01. The molecule has 0 radical (unpaired) electrons. The molecule has 0 aromatic carbocycles. The topological polar surface area (TPSA) is 165 Å². The maximum Gasteiger partial charge on any atom is 0.380 e. The van der Waals surface area contributed by atoms with Gasteiger partial charge in [-0.1, -0.05) is 20.8 Å². The van der Waals surface area contributed by atoms with E-state index < -0.39 is 17.1 Å². The number of nitrogens with zero attached hydrogens (tertiary/aromatic N) is 6. The number of rotatable bonds is 3. The molecule has 3 aromatic rings. The van der Waals surface area contributed by atoms with Crippen LogP contribution in [0.25, 0.3) is 0 Å². The minimum atomic E-state index is -0.609. The average Bonchev–Trinajstić information content (AvgIpc) is 2.76. The van der Waals surface area contributed by atoms with Gasteiger partial charge < -0.3 is 15.6 Å². The molecule has 0 aliphatic rings. The van der Waals surface area contributed by atoms with Crippen molar-refractivity contribution in [1.82, 2.24) is 29.1 Å². The molecule has 0 aliphatic heterocycles. The van der Waals surface area contributed by atoms with Gasteiger partial charge in [0.05, 0.1) is 17.1 Å². The van der Waals surface area contributed by atoms with E-state index in [1.165, 1.54) is 0 Å². The zero-order valence-corrected chi connectivity index (χ0v) is 21.1. The molecule has 13 heteroatoms. The third-order valence-electron chi connectivity index (χ3n) is 4.39. The first-order valence-electron chi connectivity index (χ1n) is 10.3. The minimum Gasteiger partial charge on any atom is -0.424 e. The molecule has 3 N–H and O–H groups in total. The van der Waals surface area contributed by atoms with Crippen molar-refractivity contribution in [2.45, 2.75) is 60.8 Å². The van der Waals surface area contributed by atoms with E-state index in [-0.39, 0.29) is 17.1 Å². The third-order valence-corrected chi connectivity index (χ3v) is 4.39. The maximum atomic E-state index is 10.8. The number of aryl methyl sites for hydroxylation is 6. The number of hydrogen-bond donors (Lipinski definition) is 3. The van der Waals surface area contributed by atoms with Crippen molar-refractivity contribution in [3.8, 4) is 0 Å². The van der Waals surface area contributed by atoms with Crippen LogP contribution in [0, 0.1) is 20.8 Å². The summed E-state index contributed by atoms with van der Waals surface area (Å²) in [6, 6.07) is 5.05. The zero-order valence-electron chi connectivity index (χ0n) is 20.0. The standard InChI is InChI=1S/3C7H10N2O2.Fe/c3*1-3-6-4-5(2)8-7(10)9(6)11;/h3*4,11H,3H2,1-2H3;. The third kappa shape index (κ3) is 8.49. The molecule has 188 valence electrons. The van der Waals surface area contributed by atoms with Crippen molar-refractivity contribution in [1.29, 1.82) is 0 Å². The molecule has 3 rings (SSSR count). The summed E-state index contributed by atoms with van der Waals surface area (Å²) in [5, 5.41) is 27.2. The van der Waals surface area contributed by atoms with E-state index in [0.717, 1.165) is 0 Å². The van der Waals surface area contributed by atoms with Gasteiger partial charge in [0, 0.05) is 34.2 Å². The Balaban J connectivity index is 0.000000473. The van der Waals surface area contributed by atoms with Crippen LogP contribution in [0.2, 0.25) is 0 Å². The number of hydrogen-bond acceptors (Lipinski definition) is 9. The molecule has 0 unspecified atom stereocenters. The Labute approximate surface area is 206 Å². The summed E-state index contributed by atoms with van der Waals surface area (Å²) in [5.74, 6) is 0. The van der Waals surface area contributed by atoms with E-state index in [2.05, 4.69) is 15.0 Å². The molecule has 12 nitrogen and oxygen atoms in total. The van der Waals surface area contributed by atoms with E-state index in [0.29, 0.717) is 67.6 Å². The van der Waals surface area contributed by atoms with Gasteiger partial charge in [-0.25, -0.2) is 14.4 Å². The van der Waals surface area contributed by atoms with E-state index >= 15 is 0 Å². The van der Waals surface area contributed by atoms with E-state index in [1.807, 2.05) is 20.8 Å². The van der Waals surface area contributed by atoms with Crippen LogP contribution in [0.5, 0.6) is 0 Å². The second-order valence-corrected chi connectivity index (χ2v) is 7.01. The van der Waals surface area contributed by atoms with Crippen LogP contribution in [0.3, 0.4) is 0 Å². The van der Waals surface area contributed by atoms with Crippen LogP contribution < -0.4 is 17.1 Å². The largest absolute Gasteiger partial charge is 0.424 e. The fraction of sp³-hybridized carbons (Fsp3) is 0.429. The summed E-state index contributed by atoms with van der Waals surface area (Å²) in [6.07, 6.45) is 1.86. The van der Waals surface area contributed by atoms with Crippen LogP contribution in [-0.4, -0.2) is 44.8 Å². The summed E-state index contributed by atoms with van der Waals surface area (Å²) in [4.78, 5) is 43.1. The molecule has 0 atom stereocenters. The number of aromatic nitrogens is 6. The molecule has 0 spiro atoms. The smallest absolute Gasteiger partial charge is 0.380 e. The van der Waals surface area contributed by atoms with Gasteiger partial charge >= 0.3 is 17.1 Å². The molecule has 0 saturated carbocycles. The second kappa shape index (κ2) is 14.0. The average molecular weight is 518 g/mol. The van der Waals surface area contributed by atoms with Gasteiger partial charge in [0.1, 0.15) is 0 Å². The SMILES string of the molecule is CCc1cc(C)nc(=O)n1O.CCc1cc(C)nc(=O)n1O.CCc1cc(C)nc(=O)n1O.[Fe].